The number of hydrogen-bond acceptors (Lipinski definition) is 6. The highest BCUT2D eigenvalue weighted by Crippen LogP contribution is 2.26. The van der Waals surface area contributed by atoms with Crippen LogP contribution < -0.4 is 4.74 Å². The Balaban J connectivity index is 0.00000240. The van der Waals surface area contributed by atoms with Crippen molar-refractivity contribution in [2.45, 2.75) is 0 Å². The van der Waals surface area contributed by atoms with Gasteiger partial charge in [0, 0.05) is 19.6 Å². The molecular weight excluding hydrogens is 390 g/mol. The summed E-state index contributed by atoms with van der Waals surface area (Å²) in [5.74, 6) is 0.816. The summed E-state index contributed by atoms with van der Waals surface area (Å²) in [7, 11) is 0. The highest BCUT2D eigenvalue weighted by molar-refractivity contribution is 5.98. The number of allylic oxidation sites excluding steroid dienone is 1. The molecule has 7 heteroatoms. The van der Waals surface area contributed by atoms with Crippen LogP contribution in [-0.4, -0.2) is 49.5 Å². The third-order valence-corrected chi connectivity index (χ3v) is 4.72. The Bertz CT molecular complexity index is 1000. The highest BCUT2D eigenvalue weighted by Gasteiger charge is 2.12. The lowest BCUT2D eigenvalue weighted by molar-refractivity contribution is 0.0322. The van der Waals surface area contributed by atoms with E-state index in [9.17, 15) is 5.26 Å². The summed E-state index contributed by atoms with van der Waals surface area (Å²) >= 11 is 0. The molecule has 0 radical (unpaired) electrons. The van der Waals surface area contributed by atoms with E-state index < -0.39 is 0 Å². The molecule has 0 aliphatic carbocycles. The fourth-order valence-corrected chi connectivity index (χ4v) is 3.18. The third-order valence-electron chi connectivity index (χ3n) is 4.72. The van der Waals surface area contributed by atoms with Gasteiger partial charge in [0.1, 0.15) is 24.1 Å². The zero-order chi connectivity index (χ0) is 19.2. The first kappa shape index (κ1) is 20.9. The van der Waals surface area contributed by atoms with Crippen LogP contribution in [0.5, 0.6) is 5.75 Å². The van der Waals surface area contributed by atoms with Crippen LogP contribution >= 0.6 is 12.4 Å². The van der Waals surface area contributed by atoms with E-state index in [-0.39, 0.29) is 12.4 Å². The van der Waals surface area contributed by atoms with Gasteiger partial charge >= 0.3 is 0 Å². The Morgan fingerprint density at radius 3 is 2.66 bits per heavy atom. The molecule has 1 fully saturated rings. The standard InChI is InChI=1S/C22H21N3O3.ClH/c23-16-18(22-20-3-1-2-4-21(20)28-24-22)15-17-5-7-19(8-6-17)27-14-11-25-9-12-26-13-10-25;/h1-8,15H,9-14H2;1H/b18-15+;. The second-order valence-electron chi connectivity index (χ2n) is 6.57. The van der Waals surface area contributed by atoms with Crippen LogP contribution in [0.2, 0.25) is 0 Å². The Kier molecular flexibility index (Phi) is 7.25. The number of halogens is 1. The van der Waals surface area contributed by atoms with Crippen LogP contribution in [0.1, 0.15) is 11.3 Å². The summed E-state index contributed by atoms with van der Waals surface area (Å²) in [6.45, 7) is 5.04. The second-order valence-corrected chi connectivity index (χ2v) is 6.57. The topological polar surface area (TPSA) is 71.5 Å². The smallest absolute Gasteiger partial charge is 0.167 e. The van der Waals surface area contributed by atoms with Crippen molar-refractivity contribution < 1.29 is 14.0 Å². The van der Waals surface area contributed by atoms with Gasteiger partial charge in [0.05, 0.1) is 24.2 Å². The molecule has 2 heterocycles. The SMILES string of the molecule is Cl.N#C/C(=C\c1ccc(OCCN2CCOCC2)cc1)c1noc2ccccc12. The maximum Gasteiger partial charge on any atom is 0.167 e. The molecule has 3 aromatic rings. The number of nitrogens with zero attached hydrogens (tertiary/aromatic N) is 3. The van der Waals surface area contributed by atoms with Crippen LogP contribution in [0.4, 0.5) is 0 Å². The minimum Gasteiger partial charge on any atom is -0.492 e. The van der Waals surface area contributed by atoms with E-state index in [1.165, 1.54) is 0 Å². The lowest BCUT2D eigenvalue weighted by Crippen LogP contribution is -2.38. The first-order valence-corrected chi connectivity index (χ1v) is 9.33. The Labute approximate surface area is 175 Å². The van der Waals surface area contributed by atoms with Crippen molar-refractivity contribution in [1.82, 2.24) is 10.1 Å². The van der Waals surface area contributed by atoms with E-state index in [4.69, 9.17) is 14.0 Å². The Morgan fingerprint density at radius 2 is 1.90 bits per heavy atom. The van der Waals surface area contributed by atoms with Gasteiger partial charge in [-0.1, -0.05) is 29.4 Å². The largest absolute Gasteiger partial charge is 0.492 e. The maximum atomic E-state index is 9.57. The average molecular weight is 412 g/mol. The molecule has 1 saturated heterocycles. The van der Waals surface area contributed by atoms with E-state index in [2.05, 4.69) is 16.1 Å². The Hall–Kier alpha value is -2.85. The molecule has 29 heavy (non-hydrogen) atoms. The fraction of sp³-hybridized carbons (Fsp3) is 0.273. The number of aromatic nitrogens is 1. The zero-order valence-electron chi connectivity index (χ0n) is 15.9. The van der Waals surface area contributed by atoms with Gasteiger partial charge in [-0.2, -0.15) is 5.26 Å². The van der Waals surface area contributed by atoms with Gasteiger partial charge in [0.2, 0.25) is 0 Å². The first-order chi connectivity index (χ1) is 13.8. The molecular formula is C22H22ClN3O3. The molecule has 0 unspecified atom stereocenters. The molecule has 6 nitrogen and oxygen atoms in total. The van der Waals surface area contributed by atoms with Crippen molar-refractivity contribution in [3.05, 3.63) is 59.8 Å². The predicted octanol–water partition coefficient (Wildman–Crippen LogP) is 4.02. The van der Waals surface area contributed by atoms with Gasteiger partial charge in [-0.3, -0.25) is 4.90 Å². The van der Waals surface area contributed by atoms with Crippen LogP contribution in [0, 0.1) is 11.3 Å². The predicted molar refractivity (Wildman–Crippen MR) is 114 cm³/mol. The van der Waals surface area contributed by atoms with Gasteiger partial charge in [-0.25, -0.2) is 0 Å². The molecule has 1 aromatic heterocycles. The summed E-state index contributed by atoms with van der Waals surface area (Å²) in [6.07, 6.45) is 1.81. The maximum absolute atomic E-state index is 9.57. The van der Waals surface area contributed by atoms with Gasteiger partial charge in [-0.05, 0) is 35.9 Å². The van der Waals surface area contributed by atoms with Gasteiger partial charge in [-0.15, -0.1) is 12.4 Å². The third kappa shape index (κ3) is 5.15. The van der Waals surface area contributed by atoms with Crippen molar-refractivity contribution in [2.75, 3.05) is 39.5 Å². The number of morpholine rings is 1. The van der Waals surface area contributed by atoms with E-state index >= 15 is 0 Å². The van der Waals surface area contributed by atoms with Gasteiger partial charge in [0.15, 0.2) is 5.58 Å². The van der Waals surface area contributed by atoms with Gasteiger partial charge in [0.25, 0.3) is 0 Å². The van der Waals surface area contributed by atoms with Crippen LogP contribution in [0.25, 0.3) is 22.6 Å². The molecule has 4 rings (SSSR count). The van der Waals surface area contributed by atoms with E-state index in [1.54, 1.807) is 0 Å². The fourth-order valence-electron chi connectivity index (χ4n) is 3.18. The first-order valence-electron chi connectivity index (χ1n) is 9.33. The van der Waals surface area contributed by atoms with Crippen molar-refractivity contribution in [3.63, 3.8) is 0 Å². The second kappa shape index (κ2) is 10.1. The van der Waals surface area contributed by atoms with E-state index in [0.717, 1.165) is 49.5 Å². The van der Waals surface area contributed by atoms with Crippen LogP contribution in [0.15, 0.2) is 53.1 Å². The van der Waals surface area contributed by atoms with Crippen molar-refractivity contribution in [3.8, 4) is 11.8 Å². The number of para-hydroxylation sites is 1. The molecule has 0 N–H and O–H groups in total. The van der Waals surface area contributed by atoms with Crippen molar-refractivity contribution in [2.24, 2.45) is 0 Å². The molecule has 0 saturated carbocycles. The summed E-state index contributed by atoms with van der Waals surface area (Å²) in [5.41, 5.74) is 2.60. The lowest BCUT2D eigenvalue weighted by Gasteiger charge is -2.26. The number of fused-ring (bicyclic) bond motifs is 1. The van der Waals surface area contributed by atoms with Gasteiger partial charge < -0.3 is 14.0 Å². The molecule has 0 atom stereocenters. The minimum atomic E-state index is 0. The summed E-state index contributed by atoms with van der Waals surface area (Å²) in [6, 6.07) is 17.4. The average Bonchev–Trinajstić information content (AvgIpc) is 3.18. The molecule has 150 valence electrons. The number of hydrogen-bond donors (Lipinski definition) is 0. The molecule has 0 amide bonds. The minimum absolute atomic E-state index is 0. The number of rotatable bonds is 6. The van der Waals surface area contributed by atoms with E-state index in [1.807, 2.05) is 54.6 Å². The van der Waals surface area contributed by atoms with Crippen molar-refractivity contribution >= 4 is 35.0 Å². The zero-order valence-corrected chi connectivity index (χ0v) is 16.7. The quantitative estimate of drug-likeness (QED) is 0.570. The number of nitriles is 1. The van der Waals surface area contributed by atoms with Crippen LogP contribution in [-0.2, 0) is 4.74 Å². The molecule has 0 bridgehead atoms. The van der Waals surface area contributed by atoms with Crippen molar-refractivity contribution in [1.29, 1.82) is 5.26 Å². The normalized spacial score (nSPS) is 14.9. The molecule has 1 aliphatic rings. The number of ether oxygens (including phenoxy) is 2. The van der Waals surface area contributed by atoms with Crippen LogP contribution in [0.3, 0.4) is 0 Å². The highest BCUT2D eigenvalue weighted by atomic mass is 35.5. The molecule has 1 aliphatic heterocycles. The summed E-state index contributed by atoms with van der Waals surface area (Å²) < 4.78 is 16.5. The monoisotopic (exact) mass is 411 g/mol. The molecule has 0 spiro atoms. The molecule has 2 aromatic carbocycles. The van der Waals surface area contributed by atoms with E-state index in [0.29, 0.717) is 23.5 Å². The summed E-state index contributed by atoms with van der Waals surface area (Å²) in [4.78, 5) is 2.34. The summed E-state index contributed by atoms with van der Waals surface area (Å²) in [5, 5.41) is 14.5. The lowest BCUT2D eigenvalue weighted by atomic mass is 10.1. The Morgan fingerprint density at radius 1 is 1.14 bits per heavy atom. The number of benzene rings is 2.